The van der Waals surface area contributed by atoms with E-state index in [0.29, 0.717) is 0 Å². The molecule has 0 fully saturated rings. The van der Waals surface area contributed by atoms with Gasteiger partial charge in [-0.05, 0) is 36.4 Å². The summed E-state index contributed by atoms with van der Waals surface area (Å²) in [7, 11) is 0. The van der Waals surface area contributed by atoms with E-state index in [1.54, 1.807) is 11.3 Å². The third-order valence-corrected chi connectivity index (χ3v) is 5.29. The van der Waals surface area contributed by atoms with Gasteiger partial charge < -0.3 is 5.73 Å². The first-order valence-electron chi connectivity index (χ1n) is 6.00. The van der Waals surface area contributed by atoms with Crippen LogP contribution in [0.3, 0.4) is 0 Å². The molecule has 1 unspecified atom stereocenters. The van der Waals surface area contributed by atoms with Gasteiger partial charge in [0.05, 0.1) is 0 Å². The number of hydrogen-bond donors (Lipinski definition) is 1. The second-order valence-electron chi connectivity index (χ2n) is 4.60. The molecular weight excluding hydrogens is 258 g/mol. The van der Waals surface area contributed by atoms with Gasteiger partial charge in [0, 0.05) is 20.3 Å². The Morgan fingerprint density at radius 3 is 2.83 bits per heavy atom. The quantitative estimate of drug-likeness (QED) is 0.746. The zero-order valence-corrected chi connectivity index (χ0v) is 11.9. The van der Waals surface area contributed by atoms with E-state index >= 15 is 0 Å². The minimum Gasteiger partial charge on any atom is -0.323 e. The molecule has 3 rings (SSSR count). The van der Waals surface area contributed by atoms with E-state index in [-0.39, 0.29) is 6.04 Å². The zero-order chi connectivity index (χ0) is 12.5. The lowest BCUT2D eigenvalue weighted by molar-refractivity contribution is 0.736. The maximum atomic E-state index is 6.32. The number of hydrogen-bond acceptors (Lipinski definition) is 3. The van der Waals surface area contributed by atoms with Crippen LogP contribution in [0.5, 0.6) is 0 Å². The highest BCUT2D eigenvalue weighted by molar-refractivity contribution is 7.26. The highest BCUT2D eigenvalue weighted by atomic mass is 32.1. The smallest absolute Gasteiger partial charge is 0.0454 e. The van der Waals surface area contributed by atoms with Crippen LogP contribution >= 0.6 is 22.7 Å². The van der Waals surface area contributed by atoms with Crippen molar-refractivity contribution in [1.82, 2.24) is 0 Å². The SMILES string of the molecule is Cc1cccc(CC(N)c2cc3sccc3s2)c1. The summed E-state index contributed by atoms with van der Waals surface area (Å²) >= 11 is 3.61. The molecule has 2 N–H and O–H groups in total. The zero-order valence-electron chi connectivity index (χ0n) is 10.2. The molecule has 0 aliphatic rings. The summed E-state index contributed by atoms with van der Waals surface area (Å²) in [6.07, 6.45) is 0.912. The van der Waals surface area contributed by atoms with Crippen LogP contribution in [0.4, 0.5) is 0 Å². The van der Waals surface area contributed by atoms with Gasteiger partial charge in [0.1, 0.15) is 0 Å². The van der Waals surface area contributed by atoms with Gasteiger partial charge in [-0.1, -0.05) is 29.8 Å². The molecule has 1 atom stereocenters. The normalized spacial score (nSPS) is 13.0. The lowest BCUT2D eigenvalue weighted by Crippen LogP contribution is -2.11. The molecule has 1 aromatic carbocycles. The van der Waals surface area contributed by atoms with Crippen LogP contribution in [0.25, 0.3) is 9.40 Å². The molecule has 2 aromatic heterocycles. The van der Waals surface area contributed by atoms with Crippen LogP contribution in [0.1, 0.15) is 22.0 Å². The van der Waals surface area contributed by atoms with E-state index in [0.717, 1.165) is 6.42 Å². The topological polar surface area (TPSA) is 26.0 Å². The van der Waals surface area contributed by atoms with Crippen molar-refractivity contribution >= 4 is 32.1 Å². The maximum Gasteiger partial charge on any atom is 0.0454 e. The molecule has 0 saturated heterocycles. The predicted molar refractivity (Wildman–Crippen MR) is 81.5 cm³/mol. The molecule has 3 heteroatoms. The van der Waals surface area contributed by atoms with Crippen LogP contribution in [-0.2, 0) is 6.42 Å². The van der Waals surface area contributed by atoms with Gasteiger partial charge in [-0.2, -0.15) is 0 Å². The molecule has 0 spiro atoms. The first kappa shape index (κ1) is 11.9. The summed E-state index contributed by atoms with van der Waals surface area (Å²) in [5.74, 6) is 0. The monoisotopic (exact) mass is 273 g/mol. The Kier molecular flexibility index (Phi) is 3.20. The number of fused-ring (bicyclic) bond motifs is 1. The average Bonchev–Trinajstić information content (AvgIpc) is 2.88. The second kappa shape index (κ2) is 4.84. The van der Waals surface area contributed by atoms with Crippen molar-refractivity contribution in [3.05, 3.63) is 57.8 Å². The number of nitrogens with two attached hydrogens (primary N) is 1. The lowest BCUT2D eigenvalue weighted by atomic mass is 10.0. The Hall–Kier alpha value is -1.16. The molecule has 92 valence electrons. The van der Waals surface area contributed by atoms with Crippen molar-refractivity contribution in [3.63, 3.8) is 0 Å². The molecule has 0 bridgehead atoms. The number of rotatable bonds is 3. The largest absolute Gasteiger partial charge is 0.323 e. The first-order valence-corrected chi connectivity index (χ1v) is 7.70. The van der Waals surface area contributed by atoms with Crippen molar-refractivity contribution in [2.45, 2.75) is 19.4 Å². The van der Waals surface area contributed by atoms with Crippen molar-refractivity contribution < 1.29 is 0 Å². The Bertz CT molecular complexity index is 637. The van der Waals surface area contributed by atoms with Gasteiger partial charge in [0.15, 0.2) is 0 Å². The van der Waals surface area contributed by atoms with E-state index < -0.39 is 0 Å². The minimum absolute atomic E-state index is 0.108. The third-order valence-electron chi connectivity index (χ3n) is 3.06. The van der Waals surface area contributed by atoms with Gasteiger partial charge in [-0.15, -0.1) is 22.7 Å². The first-order chi connectivity index (χ1) is 8.72. The highest BCUT2D eigenvalue weighted by Crippen LogP contribution is 2.33. The van der Waals surface area contributed by atoms with Gasteiger partial charge >= 0.3 is 0 Å². The molecule has 0 aliphatic heterocycles. The summed E-state index contributed by atoms with van der Waals surface area (Å²) in [4.78, 5) is 1.29. The summed E-state index contributed by atoms with van der Waals surface area (Å²) in [5, 5.41) is 2.14. The van der Waals surface area contributed by atoms with Crippen LogP contribution in [-0.4, -0.2) is 0 Å². The Balaban J connectivity index is 1.82. The van der Waals surface area contributed by atoms with Crippen LogP contribution < -0.4 is 5.73 Å². The van der Waals surface area contributed by atoms with Gasteiger partial charge in [-0.3, -0.25) is 0 Å². The number of aryl methyl sites for hydroxylation is 1. The summed E-state index contributed by atoms with van der Waals surface area (Å²) in [6, 6.07) is 13.1. The van der Waals surface area contributed by atoms with Crippen LogP contribution in [0, 0.1) is 6.92 Å². The molecule has 0 saturated carbocycles. The number of benzene rings is 1. The van der Waals surface area contributed by atoms with Crippen molar-refractivity contribution in [2.75, 3.05) is 0 Å². The maximum absolute atomic E-state index is 6.32. The molecule has 0 aliphatic carbocycles. The van der Waals surface area contributed by atoms with Crippen LogP contribution in [0.2, 0.25) is 0 Å². The Labute approximate surface area is 115 Å². The molecule has 2 heterocycles. The van der Waals surface area contributed by atoms with E-state index in [2.05, 4.69) is 48.7 Å². The lowest BCUT2D eigenvalue weighted by Gasteiger charge is -2.09. The summed E-state index contributed by atoms with van der Waals surface area (Å²) < 4.78 is 2.71. The van der Waals surface area contributed by atoms with Gasteiger partial charge in [-0.25, -0.2) is 0 Å². The van der Waals surface area contributed by atoms with Crippen LogP contribution in [0.15, 0.2) is 41.8 Å². The molecule has 3 aromatic rings. The molecule has 0 radical (unpaired) electrons. The van der Waals surface area contributed by atoms with E-state index in [1.807, 2.05) is 11.3 Å². The van der Waals surface area contributed by atoms with Crippen molar-refractivity contribution in [1.29, 1.82) is 0 Å². The third kappa shape index (κ3) is 2.34. The predicted octanol–water partition coefficient (Wildman–Crippen LogP) is 4.51. The fraction of sp³-hybridized carbons (Fsp3) is 0.200. The molecule has 1 nitrogen and oxygen atoms in total. The van der Waals surface area contributed by atoms with Gasteiger partial charge in [0.2, 0.25) is 0 Å². The summed E-state index contributed by atoms with van der Waals surface area (Å²) in [6.45, 7) is 2.12. The van der Waals surface area contributed by atoms with E-state index in [9.17, 15) is 0 Å². The standard InChI is InChI=1S/C15H15NS2/c1-10-3-2-4-11(7-10)8-12(16)14-9-15-13(18-14)5-6-17-15/h2-7,9,12H,8,16H2,1H3. The Morgan fingerprint density at radius 2 is 2.06 bits per heavy atom. The molecule has 18 heavy (non-hydrogen) atoms. The Morgan fingerprint density at radius 1 is 1.17 bits per heavy atom. The van der Waals surface area contributed by atoms with Crippen molar-refractivity contribution in [2.24, 2.45) is 5.73 Å². The average molecular weight is 273 g/mol. The van der Waals surface area contributed by atoms with E-state index in [4.69, 9.17) is 5.73 Å². The summed E-state index contributed by atoms with van der Waals surface area (Å²) in [5.41, 5.74) is 8.93. The molecular formula is C15H15NS2. The van der Waals surface area contributed by atoms with Crippen molar-refractivity contribution in [3.8, 4) is 0 Å². The molecule has 0 amide bonds. The van der Waals surface area contributed by atoms with Gasteiger partial charge in [0.25, 0.3) is 0 Å². The van der Waals surface area contributed by atoms with E-state index in [1.165, 1.54) is 25.4 Å². The minimum atomic E-state index is 0.108. The fourth-order valence-electron chi connectivity index (χ4n) is 2.16. The highest BCUT2D eigenvalue weighted by Gasteiger charge is 2.11. The fourth-order valence-corrected chi connectivity index (χ4v) is 4.28. The number of thiophene rings is 2. The second-order valence-corrected chi connectivity index (χ2v) is 6.66.